The molecule has 1 heterocycles. The Kier molecular flexibility index (Phi) is 5.68. The second-order valence-electron chi connectivity index (χ2n) is 8.38. The maximum absolute atomic E-state index is 12.6. The zero-order valence-corrected chi connectivity index (χ0v) is 16.7. The first kappa shape index (κ1) is 19.9. The second-order valence-corrected chi connectivity index (χ2v) is 8.38. The van der Waals surface area contributed by atoms with E-state index in [0.717, 1.165) is 36.1 Å². The molecule has 1 aliphatic rings. The summed E-state index contributed by atoms with van der Waals surface area (Å²) >= 11 is 0. The van der Waals surface area contributed by atoms with Gasteiger partial charge in [0, 0.05) is 16.8 Å². The minimum Gasteiger partial charge on any atom is -0.507 e. The van der Waals surface area contributed by atoms with Gasteiger partial charge >= 0.3 is 0 Å². The summed E-state index contributed by atoms with van der Waals surface area (Å²) in [6.07, 6.45) is 6.57. The van der Waals surface area contributed by atoms with Crippen molar-refractivity contribution in [2.75, 3.05) is 0 Å². The van der Waals surface area contributed by atoms with Gasteiger partial charge in [0.1, 0.15) is 5.75 Å². The second kappa shape index (κ2) is 8.00. The minimum absolute atomic E-state index is 0.144. The number of carbonyl (C=O) groups is 1. The maximum atomic E-state index is 12.6. The van der Waals surface area contributed by atoms with Crippen molar-refractivity contribution < 1.29 is 9.90 Å². The van der Waals surface area contributed by atoms with Crippen molar-refractivity contribution in [1.29, 1.82) is 0 Å². The number of allylic oxidation sites excluding steroid dienone is 1. The van der Waals surface area contributed by atoms with Crippen molar-refractivity contribution in [3.63, 3.8) is 0 Å². The highest BCUT2D eigenvalue weighted by Crippen LogP contribution is 2.37. The summed E-state index contributed by atoms with van der Waals surface area (Å²) in [7, 11) is 0. The number of phenols is 1. The van der Waals surface area contributed by atoms with Gasteiger partial charge in [-0.25, -0.2) is 5.43 Å². The van der Waals surface area contributed by atoms with Crippen molar-refractivity contribution in [2.24, 2.45) is 16.4 Å². The molecule has 1 aromatic heterocycles. The number of nitrogens with one attached hydrogen (secondary N) is 2. The van der Waals surface area contributed by atoms with E-state index in [1.54, 1.807) is 12.1 Å². The molecular formula is C22H28N4O2. The van der Waals surface area contributed by atoms with Gasteiger partial charge in [0.2, 0.25) is 0 Å². The number of aromatic hydroxyl groups is 1. The Morgan fingerprint density at radius 2 is 2.25 bits per heavy atom. The van der Waals surface area contributed by atoms with Crippen LogP contribution >= 0.6 is 0 Å². The smallest absolute Gasteiger partial charge is 0.292 e. The number of para-hydroxylation sites is 1. The van der Waals surface area contributed by atoms with E-state index < -0.39 is 0 Å². The van der Waals surface area contributed by atoms with Gasteiger partial charge < -0.3 is 5.11 Å². The van der Waals surface area contributed by atoms with Crippen molar-refractivity contribution in [3.05, 3.63) is 58.9 Å². The summed E-state index contributed by atoms with van der Waals surface area (Å²) in [5, 5.41) is 21.5. The average Bonchev–Trinajstić information content (AvgIpc) is 3.07. The third-order valence-corrected chi connectivity index (χ3v) is 5.47. The number of hydrogen-bond donors (Lipinski definition) is 3. The van der Waals surface area contributed by atoms with Crippen molar-refractivity contribution >= 4 is 12.1 Å². The third kappa shape index (κ3) is 4.16. The van der Waals surface area contributed by atoms with Gasteiger partial charge in [-0.1, -0.05) is 39.0 Å². The van der Waals surface area contributed by atoms with E-state index in [0.29, 0.717) is 23.6 Å². The van der Waals surface area contributed by atoms with Crippen LogP contribution in [0.15, 0.2) is 36.0 Å². The third-order valence-electron chi connectivity index (χ3n) is 5.47. The molecule has 0 radical (unpaired) electrons. The van der Waals surface area contributed by atoms with E-state index in [4.69, 9.17) is 0 Å². The molecule has 6 heteroatoms. The highest BCUT2D eigenvalue weighted by atomic mass is 16.3. The number of rotatable bonds is 5. The van der Waals surface area contributed by atoms with Gasteiger partial charge in [0.25, 0.3) is 5.91 Å². The lowest BCUT2D eigenvalue weighted by atomic mass is 9.71. The Hall–Kier alpha value is -2.89. The fourth-order valence-corrected chi connectivity index (χ4v) is 3.67. The Bertz CT molecular complexity index is 906. The monoisotopic (exact) mass is 380 g/mol. The number of carbonyl (C=O) groups excluding carboxylic acids is 1. The summed E-state index contributed by atoms with van der Waals surface area (Å²) in [6.45, 7) is 10.4. The van der Waals surface area contributed by atoms with Crippen molar-refractivity contribution in [3.8, 4) is 5.75 Å². The van der Waals surface area contributed by atoms with Gasteiger partial charge in [-0.2, -0.15) is 10.2 Å². The van der Waals surface area contributed by atoms with Crippen LogP contribution in [-0.4, -0.2) is 27.4 Å². The number of hydrogen-bond acceptors (Lipinski definition) is 4. The number of amides is 1. The standard InChI is InChI=1S/C22H28N4O2/c1-5-7-14-8-6-9-15(20(14)27)13-23-26-21(28)19-17-12-16(22(2,3)4)10-11-18(17)24-25-19/h5-6,8-9,13,16,27H,1,7,10-12H2,2-4H3,(H,24,25)(H,26,28)/b23-13-/t16-/m1/s1. The largest absolute Gasteiger partial charge is 0.507 e. The Balaban J connectivity index is 1.72. The molecule has 1 amide bonds. The molecule has 1 aliphatic carbocycles. The van der Waals surface area contributed by atoms with E-state index in [1.165, 1.54) is 6.21 Å². The first-order chi connectivity index (χ1) is 13.3. The molecule has 6 nitrogen and oxygen atoms in total. The molecule has 1 atom stereocenters. The SMILES string of the molecule is C=CCc1cccc(/C=N\NC(=O)c2n[nH]c3c2C[C@H](C(C)(C)C)CC3)c1O. The summed E-state index contributed by atoms with van der Waals surface area (Å²) in [5.74, 6) is 0.313. The highest BCUT2D eigenvalue weighted by Gasteiger charge is 2.32. The van der Waals surface area contributed by atoms with Crippen LogP contribution in [0, 0.1) is 11.3 Å². The summed E-state index contributed by atoms with van der Waals surface area (Å²) in [6, 6.07) is 5.40. The molecule has 0 bridgehead atoms. The van der Waals surface area contributed by atoms with E-state index >= 15 is 0 Å². The molecule has 3 rings (SSSR count). The van der Waals surface area contributed by atoms with Crippen LogP contribution < -0.4 is 5.43 Å². The first-order valence-electron chi connectivity index (χ1n) is 9.62. The van der Waals surface area contributed by atoms with E-state index in [9.17, 15) is 9.90 Å². The van der Waals surface area contributed by atoms with E-state index in [2.05, 4.69) is 48.1 Å². The topological polar surface area (TPSA) is 90.4 Å². The number of benzene rings is 1. The van der Waals surface area contributed by atoms with Gasteiger partial charge in [-0.05, 0) is 48.6 Å². The zero-order valence-electron chi connectivity index (χ0n) is 16.7. The fourth-order valence-electron chi connectivity index (χ4n) is 3.67. The zero-order chi connectivity index (χ0) is 20.3. The van der Waals surface area contributed by atoms with Crippen molar-refractivity contribution in [2.45, 2.75) is 46.5 Å². The van der Waals surface area contributed by atoms with Gasteiger partial charge in [0.15, 0.2) is 5.69 Å². The summed E-state index contributed by atoms with van der Waals surface area (Å²) < 4.78 is 0. The molecule has 0 saturated heterocycles. The van der Waals surface area contributed by atoms with Gasteiger partial charge in [-0.3, -0.25) is 9.89 Å². The Morgan fingerprint density at radius 1 is 1.46 bits per heavy atom. The lowest BCUT2D eigenvalue weighted by molar-refractivity contribution is 0.0948. The summed E-state index contributed by atoms with van der Waals surface area (Å²) in [5.41, 5.74) is 6.47. The molecule has 0 unspecified atom stereocenters. The molecule has 0 aliphatic heterocycles. The molecule has 28 heavy (non-hydrogen) atoms. The Labute approximate surface area is 165 Å². The normalized spacial score (nSPS) is 16.8. The fraction of sp³-hybridized carbons (Fsp3) is 0.409. The number of aromatic nitrogens is 2. The molecule has 148 valence electrons. The molecule has 3 N–H and O–H groups in total. The number of fused-ring (bicyclic) bond motifs is 1. The quantitative estimate of drug-likeness (QED) is 0.419. The van der Waals surface area contributed by atoms with Gasteiger partial charge in [-0.15, -0.1) is 6.58 Å². The summed E-state index contributed by atoms with van der Waals surface area (Å²) in [4.78, 5) is 12.6. The van der Waals surface area contributed by atoms with Crippen LogP contribution in [0.1, 0.15) is 60.1 Å². The number of aryl methyl sites for hydroxylation is 1. The van der Waals surface area contributed by atoms with Crippen LogP contribution in [0.25, 0.3) is 0 Å². The molecule has 0 spiro atoms. The first-order valence-corrected chi connectivity index (χ1v) is 9.62. The predicted molar refractivity (Wildman–Crippen MR) is 111 cm³/mol. The lowest BCUT2D eigenvalue weighted by Crippen LogP contribution is -2.28. The van der Waals surface area contributed by atoms with E-state index in [-0.39, 0.29) is 17.1 Å². The number of aromatic amines is 1. The number of hydrazone groups is 1. The molecular weight excluding hydrogens is 352 g/mol. The van der Waals surface area contributed by atoms with Crippen LogP contribution in [0.5, 0.6) is 5.75 Å². The van der Waals surface area contributed by atoms with Crippen LogP contribution in [-0.2, 0) is 19.3 Å². The lowest BCUT2D eigenvalue weighted by Gasteiger charge is -2.33. The van der Waals surface area contributed by atoms with Crippen LogP contribution in [0.3, 0.4) is 0 Å². The van der Waals surface area contributed by atoms with Crippen molar-refractivity contribution in [1.82, 2.24) is 15.6 Å². The molecule has 0 fully saturated rings. The minimum atomic E-state index is -0.343. The molecule has 1 aromatic carbocycles. The maximum Gasteiger partial charge on any atom is 0.292 e. The van der Waals surface area contributed by atoms with Crippen LogP contribution in [0.2, 0.25) is 0 Å². The molecule has 2 aromatic rings. The predicted octanol–water partition coefficient (Wildman–Crippen LogP) is 3.76. The highest BCUT2D eigenvalue weighted by molar-refractivity contribution is 5.95. The Morgan fingerprint density at radius 3 is 2.96 bits per heavy atom. The average molecular weight is 380 g/mol. The van der Waals surface area contributed by atoms with E-state index in [1.807, 2.05) is 12.1 Å². The number of H-pyrrole nitrogens is 1. The van der Waals surface area contributed by atoms with Crippen LogP contribution in [0.4, 0.5) is 0 Å². The molecule has 0 saturated carbocycles. The number of nitrogens with zero attached hydrogens (tertiary/aromatic N) is 2. The van der Waals surface area contributed by atoms with Gasteiger partial charge in [0.05, 0.1) is 6.21 Å². The number of phenolic OH excluding ortho intramolecular Hbond substituents is 1.